The fourth-order valence-electron chi connectivity index (χ4n) is 1.84. The number of hydrogen-bond acceptors (Lipinski definition) is 5. The average molecular weight is 268 g/mol. The van der Waals surface area contributed by atoms with E-state index in [1.165, 1.54) is 10.7 Å². The molecule has 18 heavy (non-hydrogen) atoms. The van der Waals surface area contributed by atoms with Crippen LogP contribution in [-0.2, 0) is 7.05 Å². The molecule has 0 atom stereocenters. The predicted molar refractivity (Wildman–Crippen MR) is 65.9 cm³/mol. The van der Waals surface area contributed by atoms with Gasteiger partial charge in [-0.1, -0.05) is 11.6 Å². The highest BCUT2D eigenvalue weighted by atomic mass is 35.5. The van der Waals surface area contributed by atoms with E-state index < -0.39 is 0 Å². The van der Waals surface area contributed by atoms with Gasteiger partial charge in [0.2, 0.25) is 6.79 Å². The third kappa shape index (κ3) is 1.46. The van der Waals surface area contributed by atoms with E-state index in [4.69, 9.17) is 26.8 Å². The number of phenols is 1. The van der Waals surface area contributed by atoms with E-state index in [-0.39, 0.29) is 17.6 Å². The van der Waals surface area contributed by atoms with Crippen molar-refractivity contribution in [3.05, 3.63) is 17.2 Å². The highest BCUT2D eigenvalue weighted by Gasteiger charge is 2.26. The van der Waals surface area contributed by atoms with Gasteiger partial charge in [0.1, 0.15) is 17.3 Å². The molecule has 0 amide bonds. The average Bonchev–Trinajstić information content (AvgIpc) is 2.88. The number of anilines is 1. The zero-order chi connectivity index (χ0) is 12.9. The van der Waals surface area contributed by atoms with Crippen LogP contribution < -0.4 is 15.2 Å². The number of halogens is 1. The topological polar surface area (TPSA) is 82.5 Å². The van der Waals surface area contributed by atoms with Gasteiger partial charge in [0.05, 0.1) is 10.6 Å². The second-order valence-electron chi connectivity index (χ2n) is 3.89. The van der Waals surface area contributed by atoms with E-state index in [2.05, 4.69) is 5.10 Å². The molecular weight excluding hydrogens is 258 g/mol. The lowest BCUT2D eigenvalue weighted by Crippen LogP contribution is -1.96. The molecule has 1 aliphatic rings. The van der Waals surface area contributed by atoms with Crippen LogP contribution >= 0.6 is 11.6 Å². The Labute approximate surface area is 107 Å². The monoisotopic (exact) mass is 267 g/mol. The number of phenolic OH excluding ortho intramolecular Hbond substituents is 1. The van der Waals surface area contributed by atoms with Crippen LogP contribution in [0.3, 0.4) is 0 Å². The third-order valence-corrected chi connectivity index (χ3v) is 3.05. The first-order valence-electron chi connectivity index (χ1n) is 5.19. The van der Waals surface area contributed by atoms with Crippen molar-refractivity contribution < 1.29 is 14.6 Å². The molecule has 0 bridgehead atoms. The molecule has 0 spiro atoms. The Hall–Kier alpha value is -2.08. The van der Waals surface area contributed by atoms with Gasteiger partial charge in [-0.05, 0) is 0 Å². The summed E-state index contributed by atoms with van der Waals surface area (Å²) in [5.41, 5.74) is 6.60. The van der Waals surface area contributed by atoms with Crippen molar-refractivity contribution in [2.45, 2.75) is 0 Å². The second-order valence-corrected chi connectivity index (χ2v) is 4.30. The lowest BCUT2D eigenvalue weighted by atomic mass is 10.1. The first-order chi connectivity index (χ1) is 8.58. The number of aromatic hydroxyl groups is 1. The van der Waals surface area contributed by atoms with E-state index in [1.54, 1.807) is 13.1 Å². The fourth-order valence-corrected chi connectivity index (χ4v) is 2.04. The van der Waals surface area contributed by atoms with Crippen LogP contribution in [-0.4, -0.2) is 21.7 Å². The van der Waals surface area contributed by atoms with Gasteiger partial charge >= 0.3 is 0 Å². The molecule has 0 fully saturated rings. The van der Waals surface area contributed by atoms with Crippen molar-refractivity contribution in [2.24, 2.45) is 7.05 Å². The standard InChI is InChI=1S/C11H10ClN3O3/c1-15-8(13)3-6(14-15)9-10(16)5(12)2-7-11(9)18-4-17-7/h2-3,16H,4,13H2,1H3. The summed E-state index contributed by atoms with van der Waals surface area (Å²) >= 11 is 5.94. The molecule has 0 radical (unpaired) electrons. The van der Waals surface area contributed by atoms with Crippen molar-refractivity contribution >= 4 is 17.4 Å². The molecule has 0 saturated heterocycles. The molecule has 7 heteroatoms. The Kier molecular flexibility index (Phi) is 2.27. The van der Waals surface area contributed by atoms with Crippen LogP contribution in [0.25, 0.3) is 11.3 Å². The minimum Gasteiger partial charge on any atom is -0.506 e. The van der Waals surface area contributed by atoms with Crippen LogP contribution in [0.4, 0.5) is 5.82 Å². The van der Waals surface area contributed by atoms with Gasteiger partial charge in [-0.15, -0.1) is 0 Å². The van der Waals surface area contributed by atoms with Crippen molar-refractivity contribution in [1.29, 1.82) is 0 Å². The molecule has 0 unspecified atom stereocenters. The van der Waals surface area contributed by atoms with Gasteiger partial charge in [0, 0.05) is 19.2 Å². The highest BCUT2D eigenvalue weighted by molar-refractivity contribution is 6.32. The Morgan fingerprint density at radius 3 is 2.89 bits per heavy atom. The number of fused-ring (bicyclic) bond motifs is 1. The Balaban J connectivity index is 2.28. The molecule has 0 aliphatic carbocycles. The number of nitrogens with two attached hydrogens (primary N) is 1. The van der Waals surface area contributed by atoms with Crippen LogP contribution in [0.1, 0.15) is 0 Å². The lowest BCUT2D eigenvalue weighted by molar-refractivity contribution is 0.174. The van der Waals surface area contributed by atoms with E-state index in [1.807, 2.05) is 0 Å². The molecule has 2 heterocycles. The number of ether oxygens (including phenoxy) is 2. The summed E-state index contributed by atoms with van der Waals surface area (Å²) in [6, 6.07) is 3.14. The maximum atomic E-state index is 10.1. The van der Waals surface area contributed by atoms with E-state index >= 15 is 0 Å². The zero-order valence-corrected chi connectivity index (χ0v) is 10.2. The van der Waals surface area contributed by atoms with Gasteiger partial charge in [0.25, 0.3) is 0 Å². The number of benzene rings is 1. The summed E-state index contributed by atoms with van der Waals surface area (Å²) in [4.78, 5) is 0. The summed E-state index contributed by atoms with van der Waals surface area (Å²) in [6.45, 7) is 0.0877. The highest BCUT2D eigenvalue weighted by Crippen LogP contribution is 2.49. The molecule has 1 aromatic carbocycles. The normalized spacial score (nSPS) is 13.0. The van der Waals surface area contributed by atoms with Crippen LogP contribution in [0.2, 0.25) is 5.02 Å². The number of rotatable bonds is 1. The molecule has 94 valence electrons. The summed E-state index contributed by atoms with van der Waals surface area (Å²) in [6.07, 6.45) is 0. The predicted octanol–water partition coefficient (Wildman–Crippen LogP) is 1.76. The molecule has 6 nitrogen and oxygen atoms in total. The summed E-state index contributed by atoms with van der Waals surface area (Å²) in [5.74, 6) is 1.28. The first kappa shape index (κ1) is 11.0. The Morgan fingerprint density at radius 1 is 1.44 bits per heavy atom. The van der Waals surface area contributed by atoms with Crippen LogP contribution in [0.15, 0.2) is 12.1 Å². The number of nitrogen functional groups attached to an aromatic ring is 1. The van der Waals surface area contributed by atoms with Gasteiger partial charge in [-0.2, -0.15) is 5.10 Å². The molecule has 1 aromatic heterocycles. The Morgan fingerprint density at radius 2 is 2.22 bits per heavy atom. The SMILES string of the molecule is Cn1nc(-c2c(O)c(Cl)cc3c2OCO3)cc1N. The third-order valence-electron chi connectivity index (χ3n) is 2.76. The van der Waals surface area contributed by atoms with Crippen molar-refractivity contribution in [1.82, 2.24) is 9.78 Å². The van der Waals surface area contributed by atoms with E-state index in [0.717, 1.165) is 0 Å². The molecule has 2 aromatic rings. The summed E-state index contributed by atoms with van der Waals surface area (Å²) in [7, 11) is 1.71. The van der Waals surface area contributed by atoms with Crippen LogP contribution in [0, 0.1) is 0 Å². The minimum atomic E-state index is -0.0981. The second kappa shape index (κ2) is 3.71. The zero-order valence-electron chi connectivity index (χ0n) is 9.48. The van der Waals surface area contributed by atoms with Gasteiger partial charge in [-0.3, -0.25) is 4.68 Å². The summed E-state index contributed by atoms with van der Waals surface area (Å²) < 4.78 is 12.1. The number of aryl methyl sites for hydroxylation is 1. The fraction of sp³-hybridized carbons (Fsp3) is 0.182. The maximum absolute atomic E-state index is 10.1. The number of hydrogen-bond donors (Lipinski definition) is 2. The number of aromatic nitrogens is 2. The van der Waals surface area contributed by atoms with Crippen molar-refractivity contribution in [2.75, 3.05) is 12.5 Å². The quantitative estimate of drug-likeness (QED) is 0.823. The van der Waals surface area contributed by atoms with Crippen molar-refractivity contribution in [3.63, 3.8) is 0 Å². The molecule has 1 aliphatic heterocycles. The minimum absolute atomic E-state index is 0.0877. The maximum Gasteiger partial charge on any atom is 0.231 e. The summed E-state index contributed by atoms with van der Waals surface area (Å²) in [5, 5.41) is 14.4. The van der Waals surface area contributed by atoms with Gasteiger partial charge in [0.15, 0.2) is 11.5 Å². The van der Waals surface area contributed by atoms with Gasteiger partial charge < -0.3 is 20.3 Å². The Bertz CT molecular complexity index is 619. The molecule has 0 saturated carbocycles. The molecular formula is C11H10ClN3O3. The van der Waals surface area contributed by atoms with Crippen molar-refractivity contribution in [3.8, 4) is 28.5 Å². The van der Waals surface area contributed by atoms with E-state index in [9.17, 15) is 5.11 Å². The van der Waals surface area contributed by atoms with Gasteiger partial charge in [-0.25, -0.2) is 0 Å². The van der Waals surface area contributed by atoms with E-state index in [0.29, 0.717) is 28.6 Å². The smallest absolute Gasteiger partial charge is 0.231 e. The molecule has 3 N–H and O–H groups in total. The number of nitrogens with zero attached hydrogens (tertiary/aromatic N) is 2. The molecule has 3 rings (SSSR count). The largest absolute Gasteiger partial charge is 0.506 e. The lowest BCUT2D eigenvalue weighted by Gasteiger charge is -2.07. The first-order valence-corrected chi connectivity index (χ1v) is 5.56. The van der Waals surface area contributed by atoms with Crippen LogP contribution in [0.5, 0.6) is 17.2 Å².